The highest BCUT2D eigenvalue weighted by Crippen LogP contribution is 2.36. The van der Waals surface area contributed by atoms with Crippen molar-refractivity contribution < 1.29 is 5.11 Å². The van der Waals surface area contributed by atoms with Gasteiger partial charge in [0.05, 0.1) is 6.10 Å². The highest BCUT2D eigenvalue weighted by molar-refractivity contribution is 9.10. The molecule has 82 valence electrons. The maximum Gasteiger partial charge on any atom is 0.0531 e. The molecule has 1 aliphatic heterocycles. The lowest BCUT2D eigenvalue weighted by Gasteiger charge is -2.23. The molecule has 2 atom stereocenters. The van der Waals surface area contributed by atoms with Crippen molar-refractivity contribution in [3.05, 3.63) is 28.2 Å². The summed E-state index contributed by atoms with van der Waals surface area (Å²) in [6, 6.07) is 6.71. The minimum Gasteiger partial charge on any atom is -0.393 e. The Balaban J connectivity index is 2.25. The molecular weight excluding hydrogens is 254 g/mol. The molecule has 0 amide bonds. The summed E-state index contributed by atoms with van der Waals surface area (Å²) in [4.78, 5) is 2.27. The normalized spacial score (nSPS) is 21.6. The molecule has 0 saturated carbocycles. The van der Waals surface area contributed by atoms with Crippen LogP contribution in [0.3, 0.4) is 0 Å². The Morgan fingerprint density at radius 3 is 2.93 bits per heavy atom. The molecule has 2 rings (SSSR count). The van der Waals surface area contributed by atoms with E-state index in [4.69, 9.17) is 0 Å². The van der Waals surface area contributed by atoms with Crippen LogP contribution < -0.4 is 4.90 Å². The molecule has 3 heteroatoms. The Bertz CT molecular complexity index is 365. The van der Waals surface area contributed by atoms with Crippen LogP contribution in [0.25, 0.3) is 0 Å². The first-order chi connectivity index (χ1) is 7.09. The van der Waals surface area contributed by atoms with Crippen LogP contribution in [0.1, 0.15) is 18.9 Å². The van der Waals surface area contributed by atoms with E-state index in [2.05, 4.69) is 46.1 Å². The third kappa shape index (κ3) is 2.04. The molecule has 0 aromatic heterocycles. The molecule has 0 aliphatic carbocycles. The van der Waals surface area contributed by atoms with Gasteiger partial charge < -0.3 is 10.0 Å². The van der Waals surface area contributed by atoms with Gasteiger partial charge >= 0.3 is 0 Å². The Morgan fingerprint density at radius 2 is 2.33 bits per heavy atom. The number of rotatable bonds is 2. The molecule has 1 aromatic rings. The second-order valence-corrected chi connectivity index (χ2v) is 5.15. The smallest absolute Gasteiger partial charge is 0.0531 e. The fourth-order valence-electron chi connectivity index (χ4n) is 2.28. The van der Waals surface area contributed by atoms with Gasteiger partial charge in [0.15, 0.2) is 0 Å². The molecule has 2 unspecified atom stereocenters. The lowest BCUT2D eigenvalue weighted by Crippen LogP contribution is -2.30. The second kappa shape index (κ2) is 4.14. The van der Waals surface area contributed by atoms with Crippen LogP contribution in [-0.2, 0) is 6.42 Å². The van der Waals surface area contributed by atoms with Gasteiger partial charge in [0.2, 0.25) is 0 Å². The first kappa shape index (κ1) is 11.0. The van der Waals surface area contributed by atoms with Gasteiger partial charge in [0.25, 0.3) is 0 Å². The number of aliphatic hydroxyl groups is 1. The third-order valence-corrected chi connectivity index (χ3v) is 3.82. The number of anilines is 1. The van der Waals surface area contributed by atoms with Gasteiger partial charge in [-0.15, -0.1) is 0 Å². The van der Waals surface area contributed by atoms with Crippen LogP contribution in [0.5, 0.6) is 0 Å². The summed E-state index contributed by atoms with van der Waals surface area (Å²) in [6.07, 6.45) is 1.63. The third-order valence-electron chi connectivity index (χ3n) is 3.07. The predicted octanol–water partition coefficient (Wildman–Crippen LogP) is 2.58. The van der Waals surface area contributed by atoms with E-state index < -0.39 is 0 Å². The Morgan fingerprint density at radius 1 is 1.60 bits per heavy atom. The van der Waals surface area contributed by atoms with E-state index in [1.165, 1.54) is 15.7 Å². The summed E-state index contributed by atoms with van der Waals surface area (Å²) in [7, 11) is 2.10. The van der Waals surface area contributed by atoms with Crippen molar-refractivity contribution in [1.29, 1.82) is 0 Å². The summed E-state index contributed by atoms with van der Waals surface area (Å²) >= 11 is 3.58. The van der Waals surface area contributed by atoms with Gasteiger partial charge in [-0.3, -0.25) is 0 Å². The maximum absolute atomic E-state index is 9.44. The Labute approximate surface area is 99.0 Å². The summed E-state index contributed by atoms with van der Waals surface area (Å²) in [5.41, 5.74) is 2.65. The average molecular weight is 270 g/mol. The minimum atomic E-state index is -0.231. The van der Waals surface area contributed by atoms with Gasteiger partial charge in [0, 0.05) is 23.2 Å². The zero-order chi connectivity index (χ0) is 11.0. The lowest BCUT2D eigenvalue weighted by molar-refractivity contribution is 0.175. The summed E-state index contributed by atoms with van der Waals surface area (Å²) in [6.45, 7) is 1.85. The van der Waals surface area contributed by atoms with Gasteiger partial charge in [-0.25, -0.2) is 0 Å². The summed E-state index contributed by atoms with van der Waals surface area (Å²) < 4.78 is 1.18. The van der Waals surface area contributed by atoms with E-state index >= 15 is 0 Å². The minimum absolute atomic E-state index is 0.231. The molecule has 2 nitrogen and oxygen atoms in total. The first-order valence-electron chi connectivity index (χ1n) is 5.28. The Kier molecular flexibility index (Phi) is 3.03. The van der Waals surface area contributed by atoms with E-state index in [1.54, 1.807) is 0 Å². The number of hydrogen-bond acceptors (Lipinski definition) is 2. The number of nitrogens with zero attached hydrogens (tertiary/aromatic N) is 1. The monoisotopic (exact) mass is 269 g/mol. The number of fused-ring (bicyclic) bond motifs is 1. The van der Waals surface area contributed by atoms with Crippen molar-refractivity contribution in [2.24, 2.45) is 0 Å². The van der Waals surface area contributed by atoms with E-state index in [0.29, 0.717) is 6.04 Å². The molecule has 1 aromatic carbocycles. The van der Waals surface area contributed by atoms with Crippen LogP contribution in [0.2, 0.25) is 0 Å². The molecule has 0 fully saturated rings. The van der Waals surface area contributed by atoms with Crippen LogP contribution >= 0.6 is 15.9 Å². The number of likely N-dealkylation sites (N-methyl/N-ethyl adjacent to an activating group) is 1. The molecule has 0 saturated heterocycles. The number of halogens is 1. The Hall–Kier alpha value is -0.540. The van der Waals surface area contributed by atoms with Crippen molar-refractivity contribution in [2.75, 3.05) is 11.9 Å². The van der Waals surface area contributed by atoms with Crippen LogP contribution in [0, 0.1) is 0 Å². The first-order valence-corrected chi connectivity index (χ1v) is 6.07. The van der Waals surface area contributed by atoms with E-state index in [-0.39, 0.29) is 6.10 Å². The maximum atomic E-state index is 9.44. The molecule has 15 heavy (non-hydrogen) atoms. The SMILES string of the molecule is CC(O)CC1Cc2c(Br)cccc2N1C. The van der Waals surface area contributed by atoms with Crippen molar-refractivity contribution in [3.8, 4) is 0 Å². The second-order valence-electron chi connectivity index (χ2n) is 4.29. The molecule has 1 heterocycles. The molecule has 1 N–H and O–H groups in total. The summed E-state index contributed by atoms with van der Waals surface area (Å²) in [5, 5.41) is 9.44. The predicted molar refractivity (Wildman–Crippen MR) is 66.3 cm³/mol. The molecule has 0 spiro atoms. The fourth-order valence-corrected chi connectivity index (χ4v) is 2.80. The van der Waals surface area contributed by atoms with Gasteiger partial charge in [0.1, 0.15) is 0 Å². The summed E-state index contributed by atoms with van der Waals surface area (Å²) in [5.74, 6) is 0. The van der Waals surface area contributed by atoms with E-state index in [9.17, 15) is 5.11 Å². The zero-order valence-electron chi connectivity index (χ0n) is 9.07. The number of hydrogen-bond donors (Lipinski definition) is 1. The molecule has 0 bridgehead atoms. The largest absolute Gasteiger partial charge is 0.393 e. The van der Waals surface area contributed by atoms with Gasteiger partial charge in [-0.05, 0) is 37.5 Å². The topological polar surface area (TPSA) is 23.5 Å². The average Bonchev–Trinajstić information content (AvgIpc) is 2.46. The van der Waals surface area contributed by atoms with Crippen LogP contribution in [0.15, 0.2) is 22.7 Å². The fraction of sp³-hybridized carbons (Fsp3) is 0.500. The highest BCUT2D eigenvalue weighted by Gasteiger charge is 2.28. The quantitative estimate of drug-likeness (QED) is 0.892. The van der Waals surface area contributed by atoms with Gasteiger partial charge in [-0.2, -0.15) is 0 Å². The van der Waals surface area contributed by atoms with Crippen molar-refractivity contribution >= 4 is 21.6 Å². The number of benzene rings is 1. The van der Waals surface area contributed by atoms with E-state index in [0.717, 1.165) is 12.8 Å². The van der Waals surface area contributed by atoms with Crippen molar-refractivity contribution in [3.63, 3.8) is 0 Å². The van der Waals surface area contributed by atoms with Crippen molar-refractivity contribution in [1.82, 2.24) is 0 Å². The lowest BCUT2D eigenvalue weighted by atomic mass is 10.1. The standard InChI is InChI=1S/C12H16BrNO/c1-8(15)6-9-7-10-11(13)4-3-5-12(10)14(9)2/h3-5,8-9,15H,6-7H2,1-2H3. The van der Waals surface area contributed by atoms with Crippen LogP contribution in [0.4, 0.5) is 5.69 Å². The highest BCUT2D eigenvalue weighted by atomic mass is 79.9. The van der Waals surface area contributed by atoms with Crippen molar-refractivity contribution in [2.45, 2.75) is 31.9 Å². The molecular formula is C12H16BrNO. The van der Waals surface area contributed by atoms with Crippen LogP contribution in [-0.4, -0.2) is 24.3 Å². The zero-order valence-corrected chi connectivity index (χ0v) is 10.7. The molecule has 0 radical (unpaired) electrons. The number of aliphatic hydroxyl groups excluding tert-OH is 1. The van der Waals surface area contributed by atoms with E-state index in [1.807, 2.05) is 6.92 Å². The molecule has 1 aliphatic rings. The van der Waals surface area contributed by atoms with Gasteiger partial charge in [-0.1, -0.05) is 22.0 Å².